The summed E-state index contributed by atoms with van der Waals surface area (Å²) in [5, 5.41) is 0. The second kappa shape index (κ2) is 5.18. The Hall–Kier alpha value is -0.630. The molecule has 2 heteroatoms. The molecule has 1 aliphatic rings. The van der Waals surface area contributed by atoms with Gasteiger partial charge in [-0.3, -0.25) is 4.79 Å². The van der Waals surface area contributed by atoms with Gasteiger partial charge in [0.15, 0.2) is 5.78 Å². The number of ketones is 1. The minimum atomic E-state index is 0.0512. The van der Waals surface area contributed by atoms with Crippen LogP contribution >= 0.6 is 0 Å². The third-order valence-corrected chi connectivity index (χ3v) is 2.52. The van der Waals surface area contributed by atoms with E-state index in [9.17, 15) is 4.79 Å². The lowest BCUT2D eigenvalue weighted by atomic mass is 9.94. The van der Waals surface area contributed by atoms with Crippen LogP contribution in [0.1, 0.15) is 39.0 Å². The molecule has 1 unspecified atom stereocenters. The molecule has 0 aromatic heterocycles. The topological polar surface area (TPSA) is 26.3 Å². The first-order chi connectivity index (χ1) is 6.24. The van der Waals surface area contributed by atoms with Crippen LogP contribution in [0.5, 0.6) is 0 Å². The highest BCUT2D eigenvalue weighted by atomic mass is 16.5. The van der Waals surface area contributed by atoms with E-state index in [1.165, 1.54) is 12.8 Å². The Labute approximate surface area is 80.0 Å². The normalized spacial score (nSPS) is 19.4. The van der Waals surface area contributed by atoms with Crippen LogP contribution in [0.4, 0.5) is 0 Å². The number of rotatable bonds is 4. The fraction of sp³-hybridized carbons (Fsp3) is 0.727. The molecule has 1 aliphatic carbocycles. The van der Waals surface area contributed by atoms with Crippen LogP contribution in [0, 0.1) is 0 Å². The van der Waals surface area contributed by atoms with Crippen molar-refractivity contribution in [2.45, 2.75) is 45.1 Å². The summed E-state index contributed by atoms with van der Waals surface area (Å²) in [6.07, 6.45) is 7.11. The van der Waals surface area contributed by atoms with Crippen LogP contribution in [0.15, 0.2) is 11.6 Å². The molecule has 0 aromatic rings. The molecule has 1 atom stereocenters. The lowest BCUT2D eigenvalue weighted by Gasteiger charge is -2.13. The number of hydrogen-bond donors (Lipinski definition) is 0. The van der Waals surface area contributed by atoms with E-state index in [2.05, 4.69) is 6.08 Å². The van der Waals surface area contributed by atoms with E-state index in [0.29, 0.717) is 6.42 Å². The maximum atomic E-state index is 11.6. The quantitative estimate of drug-likeness (QED) is 0.667. The highest BCUT2D eigenvalue weighted by Gasteiger charge is 2.14. The van der Waals surface area contributed by atoms with Crippen molar-refractivity contribution >= 4 is 5.78 Å². The summed E-state index contributed by atoms with van der Waals surface area (Å²) < 4.78 is 5.06. The zero-order valence-corrected chi connectivity index (χ0v) is 8.51. The van der Waals surface area contributed by atoms with E-state index in [-0.39, 0.29) is 11.9 Å². The van der Waals surface area contributed by atoms with Crippen molar-refractivity contribution in [3.8, 4) is 0 Å². The largest absolute Gasteiger partial charge is 0.381 e. The zero-order chi connectivity index (χ0) is 9.68. The van der Waals surface area contributed by atoms with E-state index < -0.39 is 0 Å². The molecule has 0 heterocycles. The van der Waals surface area contributed by atoms with Crippen LogP contribution < -0.4 is 0 Å². The number of allylic oxidation sites excluding steroid dienone is 2. The molecule has 2 nitrogen and oxygen atoms in total. The van der Waals surface area contributed by atoms with Gasteiger partial charge >= 0.3 is 0 Å². The molecule has 0 N–H and O–H groups in total. The first-order valence-electron chi connectivity index (χ1n) is 4.99. The lowest BCUT2D eigenvalue weighted by molar-refractivity contribution is -0.117. The number of carbonyl (C=O) groups is 1. The zero-order valence-electron chi connectivity index (χ0n) is 8.51. The van der Waals surface area contributed by atoms with Gasteiger partial charge in [-0.15, -0.1) is 0 Å². The van der Waals surface area contributed by atoms with Crippen molar-refractivity contribution in [2.24, 2.45) is 0 Å². The summed E-state index contributed by atoms with van der Waals surface area (Å²) in [4.78, 5) is 11.6. The Bertz CT molecular complexity index is 206. The van der Waals surface area contributed by atoms with Gasteiger partial charge in [0.2, 0.25) is 0 Å². The highest BCUT2D eigenvalue weighted by molar-refractivity contribution is 5.95. The Morgan fingerprint density at radius 2 is 2.38 bits per heavy atom. The summed E-state index contributed by atoms with van der Waals surface area (Å²) in [5.74, 6) is 0.272. The molecule has 13 heavy (non-hydrogen) atoms. The molecule has 0 aromatic carbocycles. The Morgan fingerprint density at radius 3 is 2.92 bits per heavy atom. The van der Waals surface area contributed by atoms with Crippen molar-refractivity contribution in [3.63, 3.8) is 0 Å². The molecule has 0 radical (unpaired) electrons. The summed E-state index contributed by atoms with van der Waals surface area (Å²) in [5.41, 5.74) is 1.02. The van der Waals surface area contributed by atoms with Gasteiger partial charge in [0.1, 0.15) is 0 Å². The van der Waals surface area contributed by atoms with Crippen molar-refractivity contribution in [3.05, 3.63) is 11.6 Å². The van der Waals surface area contributed by atoms with Crippen LogP contribution in [-0.4, -0.2) is 19.0 Å². The summed E-state index contributed by atoms with van der Waals surface area (Å²) in [6, 6.07) is 0. The van der Waals surface area contributed by atoms with E-state index in [1.807, 2.05) is 6.92 Å². The van der Waals surface area contributed by atoms with Gasteiger partial charge in [0, 0.05) is 13.5 Å². The van der Waals surface area contributed by atoms with Crippen LogP contribution in [-0.2, 0) is 9.53 Å². The number of Topliss-reactive ketones (excluding diaryl/α,β-unsaturated/α-hetero) is 1. The van der Waals surface area contributed by atoms with Gasteiger partial charge < -0.3 is 4.74 Å². The molecular formula is C11H18O2. The van der Waals surface area contributed by atoms with E-state index in [0.717, 1.165) is 18.4 Å². The molecule has 1 rings (SSSR count). The molecule has 74 valence electrons. The van der Waals surface area contributed by atoms with Crippen molar-refractivity contribution in [1.29, 1.82) is 0 Å². The van der Waals surface area contributed by atoms with Crippen molar-refractivity contribution < 1.29 is 9.53 Å². The summed E-state index contributed by atoms with van der Waals surface area (Å²) in [7, 11) is 1.65. The third-order valence-electron chi connectivity index (χ3n) is 2.52. The summed E-state index contributed by atoms with van der Waals surface area (Å²) in [6.45, 7) is 1.93. The Kier molecular flexibility index (Phi) is 4.16. The fourth-order valence-electron chi connectivity index (χ4n) is 1.57. The fourth-order valence-corrected chi connectivity index (χ4v) is 1.57. The van der Waals surface area contributed by atoms with Gasteiger partial charge in [0.05, 0.1) is 6.10 Å². The van der Waals surface area contributed by atoms with Crippen LogP contribution in [0.3, 0.4) is 0 Å². The third kappa shape index (κ3) is 3.31. The molecule has 0 saturated heterocycles. The van der Waals surface area contributed by atoms with Gasteiger partial charge in [-0.05, 0) is 38.2 Å². The average molecular weight is 182 g/mol. The number of methoxy groups -OCH3 is 1. The van der Waals surface area contributed by atoms with E-state index in [4.69, 9.17) is 4.74 Å². The molecule has 0 saturated carbocycles. The van der Waals surface area contributed by atoms with Gasteiger partial charge in [-0.25, -0.2) is 0 Å². The molecule has 0 aliphatic heterocycles. The predicted molar refractivity (Wildman–Crippen MR) is 52.6 cm³/mol. The lowest BCUT2D eigenvalue weighted by Crippen LogP contribution is -2.14. The minimum absolute atomic E-state index is 0.0512. The number of carbonyl (C=O) groups excluding carboxylic acids is 1. The smallest absolute Gasteiger partial charge is 0.161 e. The molecule has 0 amide bonds. The van der Waals surface area contributed by atoms with E-state index in [1.54, 1.807) is 7.11 Å². The van der Waals surface area contributed by atoms with Crippen molar-refractivity contribution in [1.82, 2.24) is 0 Å². The predicted octanol–water partition coefficient (Wildman–Crippen LogP) is 2.48. The van der Waals surface area contributed by atoms with Crippen LogP contribution in [0.2, 0.25) is 0 Å². The average Bonchev–Trinajstić information content (AvgIpc) is 2.19. The van der Waals surface area contributed by atoms with Gasteiger partial charge in [-0.1, -0.05) is 6.08 Å². The number of hydrogen-bond acceptors (Lipinski definition) is 2. The Morgan fingerprint density at radius 1 is 1.62 bits per heavy atom. The maximum Gasteiger partial charge on any atom is 0.161 e. The first kappa shape index (κ1) is 10.5. The molecule has 0 fully saturated rings. The van der Waals surface area contributed by atoms with Gasteiger partial charge in [-0.2, -0.15) is 0 Å². The van der Waals surface area contributed by atoms with Crippen molar-refractivity contribution in [2.75, 3.05) is 7.11 Å². The highest BCUT2D eigenvalue weighted by Crippen LogP contribution is 2.19. The second-order valence-electron chi connectivity index (χ2n) is 3.65. The van der Waals surface area contributed by atoms with E-state index >= 15 is 0 Å². The first-order valence-corrected chi connectivity index (χ1v) is 4.99. The van der Waals surface area contributed by atoms with Gasteiger partial charge in [0.25, 0.3) is 0 Å². The second-order valence-corrected chi connectivity index (χ2v) is 3.65. The number of ether oxygens (including phenoxy) is 1. The maximum absolute atomic E-state index is 11.6. The minimum Gasteiger partial charge on any atom is -0.381 e. The standard InChI is InChI=1S/C11H18O2/c1-9(13-2)8-11(12)10-6-4-3-5-7-10/h6,9H,3-5,7-8H2,1-2H3. The summed E-state index contributed by atoms with van der Waals surface area (Å²) >= 11 is 0. The SMILES string of the molecule is COC(C)CC(=O)C1=CCCCC1. The molecule has 0 spiro atoms. The Balaban J connectivity index is 2.42. The van der Waals surface area contributed by atoms with Crippen LogP contribution in [0.25, 0.3) is 0 Å². The monoisotopic (exact) mass is 182 g/mol. The molecule has 0 bridgehead atoms. The molecular weight excluding hydrogens is 164 g/mol.